The van der Waals surface area contributed by atoms with Gasteiger partial charge >= 0.3 is 0 Å². The minimum atomic E-state index is -0.117. The van der Waals surface area contributed by atoms with Crippen LogP contribution in [0.5, 0.6) is 0 Å². The molecule has 5 rings (SSSR count). The lowest BCUT2D eigenvalue weighted by atomic mass is 10.0. The first-order chi connectivity index (χ1) is 16.0. The molecule has 1 fully saturated rings. The normalized spacial score (nSPS) is 17.2. The van der Waals surface area contributed by atoms with E-state index >= 15 is 0 Å². The van der Waals surface area contributed by atoms with Crippen LogP contribution < -0.4 is 5.73 Å². The van der Waals surface area contributed by atoms with Crippen LogP contribution in [0, 0.1) is 0 Å². The van der Waals surface area contributed by atoms with E-state index in [2.05, 4.69) is 35.0 Å². The van der Waals surface area contributed by atoms with E-state index in [1.54, 1.807) is 12.3 Å². The van der Waals surface area contributed by atoms with Gasteiger partial charge in [-0.05, 0) is 58.7 Å². The summed E-state index contributed by atoms with van der Waals surface area (Å²) in [5, 5.41) is 3.99. The lowest BCUT2D eigenvalue weighted by molar-refractivity contribution is -0.143. The molecule has 4 aromatic rings. The zero-order valence-corrected chi connectivity index (χ0v) is 19.4. The molecule has 0 radical (unpaired) electrons. The van der Waals surface area contributed by atoms with Crippen molar-refractivity contribution in [3.05, 3.63) is 83.0 Å². The van der Waals surface area contributed by atoms with Gasteiger partial charge in [0.15, 0.2) is 0 Å². The Kier molecular flexibility index (Phi) is 5.92. The second-order valence-corrected chi connectivity index (χ2v) is 9.17. The Labute approximate surface area is 198 Å². The number of fused-ring (bicyclic) bond motifs is 2. The monoisotopic (exact) mass is 458 g/mol. The van der Waals surface area contributed by atoms with Crippen LogP contribution in [-0.4, -0.2) is 39.8 Å². The second kappa shape index (κ2) is 9.00. The van der Waals surface area contributed by atoms with Crippen molar-refractivity contribution in [1.29, 1.82) is 0 Å². The fourth-order valence-electron chi connectivity index (χ4n) is 4.79. The van der Waals surface area contributed by atoms with E-state index in [0.717, 1.165) is 52.1 Å². The third-order valence-electron chi connectivity index (χ3n) is 6.55. The highest BCUT2D eigenvalue weighted by Gasteiger charge is 2.33. The molecule has 0 bridgehead atoms. The lowest BCUT2D eigenvalue weighted by Crippen LogP contribution is -2.55. The molecule has 1 aromatic heterocycles. The molecule has 1 aliphatic heterocycles. The number of piperazine rings is 1. The standard InChI is InChI=1S/C27H27ClN4O/c1-2-26-27(33)32(17-19-4-8-23-24(29)9-10-30-25(23)14-19)12-11-31(26)16-18-3-5-21-15-22(28)7-6-20(21)13-18/h3-10,13-15,26H,2,11-12,16-17H2,1H3,(H2,29,30). The summed E-state index contributed by atoms with van der Waals surface area (Å²) >= 11 is 6.12. The van der Waals surface area contributed by atoms with E-state index in [9.17, 15) is 4.79 Å². The maximum atomic E-state index is 13.4. The van der Waals surface area contributed by atoms with Crippen molar-refractivity contribution >= 4 is 44.9 Å². The summed E-state index contributed by atoms with van der Waals surface area (Å²) < 4.78 is 0. The number of benzene rings is 3. The molecule has 0 spiro atoms. The highest BCUT2D eigenvalue weighted by molar-refractivity contribution is 6.31. The van der Waals surface area contributed by atoms with Gasteiger partial charge < -0.3 is 10.6 Å². The Balaban J connectivity index is 1.31. The third kappa shape index (κ3) is 4.39. The fourth-order valence-corrected chi connectivity index (χ4v) is 4.98. The Morgan fingerprint density at radius 3 is 2.58 bits per heavy atom. The summed E-state index contributed by atoms with van der Waals surface area (Å²) in [7, 11) is 0. The van der Waals surface area contributed by atoms with Crippen molar-refractivity contribution < 1.29 is 4.79 Å². The zero-order chi connectivity index (χ0) is 22.9. The summed E-state index contributed by atoms with van der Waals surface area (Å²) in [5.74, 6) is 0.192. The van der Waals surface area contributed by atoms with E-state index in [1.807, 2.05) is 41.3 Å². The lowest BCUT2D eigenvalue weighted by Gasteiger charge is -2.40. The molecule has 0 saturated carbocycles. The van der Waals surface area contributed by atoms with Crippen molar-refractivity contribution in [2.24, 2.45) is 0 Å². The Hall–Kier alpha value is -3.15. The number of hydrogen-bond donors (Lipinski definition) is 1. The number of anilines is 1. The topological polar surface area (TPSA) is 62.5 Å². The van der Waals surface area contributed by atoms with Crippen LogP contribution in [0.1, 0.15) is 24.5 Å². The maximum Gasteiger partial charge on any atom is 0.240 e. The van der Waals surface area contributed by atoms with E-state index in [-0.39, 0.29) is 11.9 Å². The minimum Gasteiger partial charge on any atom is -0.398 e. The summed E-state index contributed by atoms with van der Waals surface area (Å²) in [6.45, 7) is 4.99. The number of carbonyl (C=O) groups is 1. The summed E-state index contributed by atoms with van der Waals surface area (Å²) in [5.41, 5.74) is 9.92. The average molecular weight is 459 g/mol. The summed E-state index contributed by atoms with van der Waals surface area (Å²) in [4.78, 5) is 22.1. The number of amides is 1. The highest BCUT2D eigenvalue weighted by atomic mass is 35.5. The number of carbonyl (C=O) groups excluding carboxylic acids is 1. The molecule has 2 N–H and O–H groups in total. The number of aromatic nitrogens is 1. The van der Waals surface area contributed by atoms with Crippen molar-refractivity contribution in [2.75, 3.05) is 18.8 Å². The van der Waals surface area contributed by atoms with E-state index in [0.29, 0.717) is 13.1 Å². The van der Waals surface area contributed by atoms with Crippen molar-refractivity contribution in [3.8, 4) is 0 Å². The summed E-state index contributed by atoms with van der Waals surface area (Å²) in [6, 6.07) is 20.2. The van der Waals surface area contributed by atoms with Gasteiger partial charge in [-0.2, -0.15) is 0 Å². The number of nitrogens with zero attached hydrogens (tertiary/aromatic N) is 3. The molecular formula is C27H27ClN4O. The third-order valence-corrected chi connectivity index (χ3v) is 6.78. The van der Waals surface area contributed by atoms with Crippen LogP contribution in [-0.2, 0) is 17.9 Å². The predicted octanol–water partition coefficient (Wildman–Crippen LogP) is 5.25. The molecule has 6 heteroatoms. The first-order valence-electron chi connectivity index (χ1n) is 11.4. The van der Waals surface area contributed by atoms with E-state index < -0.39 is 0 Å². The molecule has 168 valence electrons. The van der Waals surface area contributed by atoms with Crippen LogP contribution >= 0.6 is 11.6 Å². The number of nitrogen functional groups attached to an aromatic ring is 1. The van der Waals surface area contributed by atoms with Gasteiger partial charge in [0.05, 0.1) is 11.6 Å². The van der Waals surface area contributed by atoms with Gasteiger partial charge in [-0.15, -0.1) is 0 Å². The van der Waals surface area contributed by atoms with Gasteiger partial charge in [-0.1, -0.05) is 48.9 Å². The molecule has 1 aliphatic rings. The van der Waals surface area contributed by atoms with Gasteiger partial charge in [-0.3, -0.25) is 14.7 Å². The smallest absolute Gasteiger partial charge is 0.240 e. The minimum absolute atomic E-state index is 0.117. The molecule has 0 aliphatic carbocycles. The fraction of sp³-hybridized carbons (Fsp3) is 0.259. The molecule has 1 unspecified atom stereocenters. The first-order valence-corrected chi connectivity index (χ1v) is 11.7. The number of nitrogens with two attached hydrogens (primary N) is 1. The SMILES string of the molecule is CCC1C(=O)N(Cc2ccc3c(N)ccnc3c2)CCN1Cc1ccc2cc(Cl)ccc2c1. The molecule has 33 heavy (non-hydrogen) atoms. The predicted molar refractivity (Wildman–Crippen MR) is 135 cm³/mol. The van der Waals surface area contributed by atoms with Gasteiger partial charge in [0.2, 0.25) is 5.91 Å². The van der Waals surface area contributed by atoms with Crippen LogP contribution in [0.2, 0.25) is 5.02 Å². The van der Waals surface area contributed by atoms with Crippen molar-refractivity contribution in [2.45, 2.75) is 32.5 Å². The number of pyridine rings is 1. The average Bonchev–Trinajstić information content (AvgIpc) is 2.81. The molecule has 1 saturated heterocycles. The Morgan fingerprint density at radius 2 is 1.73 bits per heavy atom. The van der Waals surface area contributed by atoms with Gasteiger partial charge in [-0.25, -0.2) is 0 Å². The largest absolute Gasteiger partial charge is 0.398 e. The zero-order valence-electron chi connectivity index (χ0n) is 18.7. The number of halogens is 1. The highest BCUT2D eigenvalue weighted by Crippen LogP contribution is 2.25. The van der Waals surface area contributed by atoms with Crippen LogP contribution in [0.15, 0.2) is 66.9 Å². The van der Waals surface area contributed by atoms with Crippen LogP contribution in [0.25, 0.3) is 21.7 Å². The van der Waals surface area contributed by atoms with E-state index in [4.69, 9.17) is 17.3 Å². The van der Waals surface area contributed by atoms with Gasteiger partial charge in [0.25, 0.3) is 0 Å². The molecule has 2 heterocycles. The first kappa shape index (κ1) is 21.7. The second-order valence-electron chi connectivity index (χ2n) is 8.73. The Bertz CT molecular complexity index is 1340. The van der Waals surface area contributed by atoms with Crippen molar-refractivity contribution in [3.63, 3.8) is 0 Å². The van der Waals surface area contributed by atoms with Crippen LogP contribution in [0.4, 0.5) is 5.69 Å². The number of hydrogen-bond acceptors (Lipinski definition) is 4. The summed E-state index contributed by atoms with van der Waals surface area (Å²) in [6.07, 6.45) is 2.51. The molecule has 5 nitrogen and oxygen atoms in total. The number of rotatable bonds is 5. The van der Waals surface area contributed by atoms with E-state index in [1.165, 1.54) is 10.9 Å². The molecule has 1 atom stereocenters. The van der Waals surface area contributed by atoms with Crippen molar-refractivity contribution in [1.82, 2.24) is 14.8 Å². The maximum absolute atomic E-state index is 13.4. The molecule has 3 aromatic carbocycles. The van der Waals surface area contributed by atoms with Gasteiger partial charge in [0.1, 0.15) is 0 Å². The van der Waals surface area contributed by atoms with Crippen LogP contribution in [0.3, 0.4) is 0 Å². The molecular weight excluding hydrogens is 432 g/mol. The quantitative estimate of drug-likeness (QED) is 0.444. The Morgan fingerprint density at radius 1 is 0.970 bits per heavy atom. The van der Waals surface area contributed by atoms with Gasteiger partial charge in [0, 0.05) is 48.5 Å². The molecule has 1 amide bonds.